The summed E-state index contributed by atoms with van der Waals surface area (Å²) in [7, 11) is -3.44. The van der Waals surface area contributed by atoms with E-state index in [0.717, 1.165) is 0 Å². The molecule has 154 valence electrons. The average molecular weight is 428 g/mol. The van der Waals surface area contributed by atoms with Crippen molar-refractivity contribution in [3.05, 3.63) is 66.1 Å². The van der Waals surface area contributed by atoms with Gasteiger partial charge in [-0.3, -0.25) is 9.78 Å². The molecule has 8 nitrogen and oxygen atoms in total. The summed E-state index contributed by atoms with van der Waals surface area (Å²) in [6.45, 7) is 0.143. The second-order valence-corrected chi connectivity index (χ2v) is 10.0. The smallest absolute Gasteiger partial charge is 0.255 e. The van der Waals surface area contributed by atoms with Gasteiger partial charge in [0.1, 0.15) is 10.6 Å². The van der Waals surface area contributed by atoms with Gasteiger partial charge in [0, 0.05) is 31.0 Å². The van der Waals surface area contributed by atoms with E-state index in [-0.39, 0.29) is 42.3 Å². The van der Waals surface area contributed by atoms with E-state index < -0.39 is 20.5 Å². The third-order valence-electron chi connectivity index (χ3n) is 5.88. The van der Waals surface area contributed by atoms with E-state index in [9.17, 15) is 17.6 Å². The number of sulfone groups is 1. The number of halogens is 1. The molecule has 1 atom stereocenters. The number of pyridine rings is 1. The van der Waals surface area contributed by atoms with Crippen LogP contribution in [0.4, 0.5) is 4.39 Å². The fraction of sp³-hybridized carbons (Fsp3) is 0.300. The summed E-state index contributed by atoms with van der Waals surface area (Å²) < 4.78 is 43.2. The summed E-state index contributed by atoms with van der Waals surface area (Å²) >= 11 is 0. The van der Waals surface area contributed by atoms with Crippen LogP contribution in [0.15, 0.2) is 53.3 Å². The zero-order valence-corrected chi connectivity index (χ0v) is 16.5. The van der Waals surface area contributed by atoms with Crippen molar-refractivity contribution in [2.45, 2.75) is 17.1 Å². The van der Waals surface area contributed by atoms with Crippen molar-refractivity contribution in [1.29, 1.82) is 0 Å². The molecule has 2 saturated heterocycles. The maximum Gasteiger partial charge on any atom is 0.255 e. The van der Waals surface area contributed by atoms with Crippen molar-refractivity contribution < 1.29 is 22.1 Å². The van der Waals surface area contributed by atoms with Crippen molar-refractivity contribution in [1.82, 2.24) is 20.0 Å². The highest BCUT2D eigenvalue weighted by molar-refractivity contribution is 7.93. The molecule has 30 heavy (non-hydrogen) atoms. The molecule has 10 heteroatoms. The lowest BCUT2D eigenvalue weighted by Crippen LogP contribution is -2.67. The van der Waals surface area contributed by atoms with Gasteiger partial charge in [0.25, 0.3) is 5.91 Å². The first-order valence-corrected chi connectivity index (χ1v) is 11.1. The van der Waals surface area contributed by atoms with Crippen LogP contribution in [-0.4, -0.2) is 57.9 Å². The molecule has 1 spiro atoms. The van der Waals surface area contributed by atoms with E-state index in [2.05, 4.69) is 15.1 Å². The second-order valence-electron chi connectivity index (χ2n) is 7.59. The largest absolute Gasteiger partial charge is 0.339 e. The first-order valence-electron chi connectivity index (χ1n) is 9.41. The number of hydrogen-bond donors (Lipinski definition) is 0. The van der Waals surface area contributed by atoms with Gasteiger partial charge in [-0.05, 0) is 42.8 Å². The molecule has 3 aromatic rings. The number of aromatic nitrogens is 3. The lowest BCUT2D eigenvalue weighted by molar-refractivity contribution is 0.0503. The number of carbonyl (C=O) groups excluding carboxylic acids is 1. The van der Waals surface area contributed by atoms with E-state index in [0.29, 0.717) is 17.5 Å². The van der Waals surface area contributed by atoms with Gasteiger partial charge in [0.2, 0.25) is 11.7 Å². The summed E-state index contributed by atoms with van der Waals surface area (Å²) in [6.07, 6.45) is 3.38. The molecule has 2 fully saturated rings. The first kappa shape index (κ1) is 18.9. The molecule has 0 bridgehead atoms. The van der Waals surface area contributed by atoms with Crippen molar-refractivity contribution in [2.24, 2.45) is 0 Å². The Morgan fingerprint density at radius 1 is 1.20 bits per heavy atom. The number of hydrogen-bond acceptors (Lipinski definition) is 7. The fourth-order valence-electron chi connectivity index (χ4n) is 4.23. The molecule has 2 aliphatic rings. The molecule has 0 N–H and O–H groups in total. The minimum Gasteiger partial charge on any atom is -0.339 e. The molecule has 5 rings (SSSR count). The Bertz CT molecular complexity index is 1210. The van der Waals surface area contributed by atoms with Crippen LogP contribution in [0.2, 0.25) is 0 Å². The SMILES string of the molecule is O=C(c1cccnc1)N1CC2(C1)C(c1nc(-c3ccc(F)cc3)no1)CCS2(=O)=O. The highest BCUT2D eigenvalue weighted by Crippen LogP contribution is 2.49. The summed E-state index contributed by atoms with van der Waals surface area (Å²) in [5.41, 5.74) is 0.985. The molecule has 1 amide bonds. The summed E-state index contributed by atoms with van der Waals surface area (Å²) in [4.78, 5) is 22.5. The predicted octanol–water partition coefficient (Wildman–Crippen LogP) is 2.07. The Labute approximate surface area is 171 Å². The van der Waals surface area contributed by atoms with Gasteiger partial charge in [0.05, 0.1) is 17.2 Å². The number of rotatable bonds is 3. The Hall–Kier alpha value is -3.14. The predicted molar refractivity (Wildman–Crippen MR) is 104 cm³/mol. The fourth-order valence-corrected chi connectivity index (χ4v) is 6.54. The van der Waals surface area contributed by atoms with Gasteiger partial charge >= 0.3 is 0 Å². The van der Waals surface area contributed by atoms with Crippen LogP contribution in [0.1, 0.15) is 28.6 Å². The minimum atomic E-state index is -3.44. The van der Waals surface area contributed by atoms with Crippen molar-refractivity contribution in [3.63, 3.8) is 0 Å². The monoisotopic (exact) mass is 428 g/mol. The van der Waals surface area contributed by atoms with Gasteiger partial charge in [-0.2, -0.15) is 4.98 Å². The quantitative estimate of drug-likeness (QED) is 0.629. The molecule has 2 aromatic heterocycles. The summed E-state index contributed by atoms with van der Waals surface area (Å²) in [5.74, 6) is -0.637. The molecule has 1 unspecified atom stereocenters. The normalized spacial score (nSPS) is 21.5. The number of likely N-dealkylation sites (tertiary alicyclic amines) is 1. The molecule has 2 aliphatic heterocycles. The Morgan fingerprint density at radius 2 is 1.97 bits per heavy atom. The molecule has 4 heterocycles. The number of benzene rings is 1. The van der Waals surface area contributed by atoms with Gasteiger partial charge in [-0.25, -0.2) is 12.8 Å². The Balaban J connectivity index is 1.41. The van der Waals surface area contributed by atoms with Gasteiger partial charge in [-0.15, -0.1) is 0 Å². The zero-order chi connectivity index (χ0) is 20.9. The Kier molecular flexibility index (Phi) is 4.21. The van der Waals surface area contributed by atoms with Crippen LogP contribution >= 0.6 is 0 Å². The molecular formula is C20H17FN4O4S. The number of carbonyl (C=O) groups is 1. The number of nitrogens with zero attached hydrogens (tertiary/aromatic N) is 4. The summed E-state index contributed by atoms with van der Waals surface area (Å²) in [5, 5.41) is 3.94. The van der Waals surface area contributed by atoms with E-state index in [1.807, 2.05) is 0 Å². The highest BCUT2D eigenvalue weighted by Gasteiger charge is 2.64. The maximum atomic E-state index is 13.2. The maximum absolute atomic E-state index is 13.2. The molecule has 0 aliphatic carbocycles. The lowest BCUT2D eigenvalue weighted by Gasteiger charge is -2.48. The topological polar surface area (TPSA) is 106 Å². The first-order chi connectivity index (χ1) is 14.4. The van der Waals surface area contributed by atoms with Crippen LogP contribution in [0.3, 0.4) is 0 Å². The standard InChI is InChI=1S/C20H17FN4O4S/c21-15-5-3-13(4-6-15)17-23-18(29-24-17)16-7-9-30(27,28)20(16)11-25(12-20)19(26)14-2-1-8-22-10-14/h1-6,8,10,16H,7,9,11-12H2. The second kappa shape index (κ2) is 6.69. The number of amides is 1. The van der Waals surface area contributed by atoms with Gasteiger partial charge < -0.3 is 9.42 Å². The summed E-state index contributed by atoms with van der Waals surface area (Å²) in [6, 6.07) is 8.95. The van der Waals surface area contributed by atoms with Crippen LogP contribution in [0.5, 0.6) is 0 Å². The minimum absolute atomic E-state index is 0.000844. The van der Waals surface area contributed by atoms with Crippen molar-refractivity contribution in [2.75, 3.05) is 18.8 Å². The van der Waals surface area contributed by atoms with E-state index in [1.165, 1.54) is 35.4 Å². The lowest BCUT2D eigenvalue weighted by atomic mass is 9.82. The molecule has 0 saturated carbocycles. The van der Waals surface area contributed by atoms with E-state index in [4.69, 9.17) is 4.52 Å². The van der Waals surface area contributed by atoms with Crippen molar-refractivity contribution >= 4 is 15.7 Å². The third kappa shape index (κ3) is 2.82. The van der Waals surface area contributed by atoms with Crippen LogP contribution in [0.25, 0.3) is 11.4 Å². The van der Waals surface area contributed by atoms with Crippen molar-refractivity contribution in [3.8, 4) is 11.4 Å². The highest BCUT2D eigenvalue weighted by atomic mass is 32.2. The van der Waals surface area contributed by atoms with Gasteiger partial charge in [-0.1, -0.05) is 5.16 Å². The molecule has 0 radical (unpaired) electrons. The molecular weight excluding hydrogens is 411 g/mol. The third-order valence-corrected chi connectivity index (χ3v) is 8.44. The van der Waals surface area contributed by atoms with Crippen LogP contribution in [0, 0.1) is 5.82 Å². The van der Waals surface area contributed by atoms with Crippen LogP contribution in [-0.2, 0) is 9.84 Å². The van der Waals surface area contributed by atoms with Gasteiger partial charge in [0.15, 0.2) is 9.84 Å². The zero-order valence-electron chi connectivity index (χ0n) is 15.7. The van der Waals surface area contributed by atoms with E-state index >= 15 is 0 Å². The average Bonchev–Trinajstić information content (AvgIpc) is 3.29. The van der Waals surface area contributed by atoms with Crippen LogP contribution < -0.4 is 0 Å². The Morgan fingerprint density at radius 3 is 2.67 bits per heavy atom. The van der Waals surface area contributed by atoms with E-state index in [1.54, 1.807) is 18.3 Å². The molecule has 1 aromatic carbocycles.